The van der Waals surface area contributed by atoms with Crippen molar-refractivity contribution in [1.29, 1.82) is 0 Å². The zero-order valence-electron chi connectivity index (χ0n) is 22.3. The zero-order valence-corrected chi connectivity index (χ0v) is 24.7. The van der Waals surface area contributed by atoms with E-state index in [4.69, 9.17) is 23.2 Å². The smallest absolute Gasteiger partial charge is 0.324 e. The van der Waals surface area contributed by atoms with Gasteiger partial charge >= 0.3 is 6.03 Å². The number of amides is 2. The van der Waals surface area contributed by atoms with Crippen LogP contribution in [0.5, 0.6) is 0 Å². The highest BCUT2D eigenvalue weighted by molar-refractivity contribution is 7.14. The number of halogens is 2. The second-order valence-corrected chi connectivity index (χ2v) is 10.3. The van der Waals surface area contributed by atoms with E-state index in [0.717, 1.165) is 41.5 Å². The van der Waals surface area contributed by atoms with Gasteiger partial charge in [0.05, 0.1) is 11.4 Å². The van der Waals surface area contributed by atoms with Crippen molar-refractivity contribution in [2.45, 2.75) is 73.1 Å². The molecule has 0 aliphatic carbocycles. The number of para-hydroxylation sites is 2. The monoisotopic (exact) mass is 548 g/mol. The molecule has 36 heavy (non-hydrogen) atoms. The Morgan fingerprint density at radius 2 is 1.69 bits per heavy atom. The van der Waals surface area contributed by atoms with Crippen LogP contribution in [0.2, 0.25) is 9.49 Å². The van der Waals surface area contributed by atoms with Crippen molar-refractivity contribution in [3.8, 4) is 0 Å². The number of carbonyl (C=O) groups excluding carboxylic acids is 1. The lowest BCUT2D eigenvalue weighted by Gasteiger charge is -2.29. The average molecular weight is 550 g/mol. The number of nitrogens with zero attached hydrogens (tertiary/aromatic N) is 2. The predicted molar refractivity (Wildman–Crippen MR) is 159 cm³/mol. The van der Waals surface area contributed by atoms with Crippen molar-refractivity contribution < 1.29 is 4.79 Å². The largest absolute Gasteiger partial charge is 0.338 e. The molecular weight excluding hydrogens is 511 g/mol. The summed E-state index contributed by atoms with van der Waals surface area (Å²) < 4.78 is 0.382. The normalized spacial score (nSPS) is 13.1. The Labute approximate surface area is 230 Å². The number of benzene rings is 2. The number of hydrogen-bond acceptors (Lipinski definition) is 4. The summed E-state index contributed by atoms with van der Waals surface area (Å²) in [6.45, 7) is 15.6. The standard InChI is InChI=1S/C23H24Cl2N4OS.C3H8.C2H6/c1-4-23(5-2)13-29(20-14(3)10-11-15(24)19(20)23)17-9-7-6-8-16(17)26-22(30)28-18-12-31-21(25)27-18;1-3-2;1-2/h6-12H,4-5,13H2,1-3H3,(H2,26,28,30);3H2,1-2H3;1-2H3. The number of aryl methyl sites for hydroxylation is 1. The molecule has 2 heterocycles. The molecule has 0 unspecified atom stereocenters. The first kappa shape index (κ1) is 29.9. The third kappa shape index (κ3) is 6.53. The molecule has 0 saturated heterocycles. The van der Waals surface area contributed by atoms with Crippen LogP contribution in [-0.2, 0) is 5.41 Å². The molecule has 0 bridgehead atoms. The van der Waals surface area contributed by atoms with Gasteiger partial charge in [-0.05, 0) is 43.5 Å². The molecule has 0 atom stereocenters. The molecule has 8 heteroatoms. The van der Waals surface area contributed by atoms with E-state index in [9.17, 15) is 4.79 Å². The quantitative estimate of drug-likeness (QED) is 0.333. The number of hydrogen-bond donors (Lipinski definition) is 2. The first-order chi connectivity index (χ1) is 17.3. The number of aromatic nitrogens is 1. The van der Waals surface area contributed by atoms with Gasteiger partial charge in [-0.3, -0.25) is 5.32 Å². The van der Waals surface area contributed by atoms with Crippen LogP contribution in [0, 0.1) is 6.92 Å². The van der Waals surface area contributed by atoms with Crippen molar-refractivity contribution in [2.24, 2.45) is 0 Å². The van der Waals surface area contributed by atoms with Crippen LogP contribution in [-0.4, -0.2) is 17.6 Å². The van der Waals surface area contributed by atoms with Crippen molar-refractivity contribution in [3.63, 3.8) is 0 Å². The minimum atomic E-state index is -0.367. The molecule has 1 aliphatic heterocycles. The van der Waals surface area contributed by atoms with E-state index in [1.807, 2.05) is 44.2 Å². The summed E-state index contributed by atoms with van der Waals surface area (Å²) in [4.78, 5) is 19.0. The molecule has 0 spiro atoms. The second kappa shape index (κ2) is 13.9. The van der Waals surface area contributed by atoms with E-state index in [2.05, 4.69) is 61.2 Å². The Bertz CT molecular complexity index is 1140. The van der Waals surface area contributed by atoms with Gasteiger partial charge in [0.2, 0.25) is 0 Å². The topological polar surface area (TPSA) is 57.3 Å². The van der Waals surface area contributed by atoms with E-state index >= 15 is 0 Å². The van der Waals surface area contributed by atoms with Crippen LogP contribution < -0.4 is 15.5 Å². The van der Waals surface area contributed by atoms with Gasteiger partial charge in [-0.2, -0.15) is 0 Å². The maximum absolute atomic E-state index is 12.6. The Balaban J connectivity index is 0.000000850. The van der Waals surface area contributed by atoms with E-state index in [1.165, 1.54) is 28.9 Å². The highest BCUT2D eigenvalue weighted by Crippen LogP contribution is 2.53. The molecule has 196 valence electrons. The first-order valence-electron chi connectivity index (χ1n) is 12.6. The van der Waals surface area contributed by atoms with Gasteiger partial charge in [0, 0.05) is 33.6 Å². The molecule has 0 fully saturated rings. The van der Waals surface area contributed by atoms with Gasteiger partial charge in [0.1, 0.15) is 5.82 Å². The lowest BCUT2D eigenvalue weighted by atomic mass is 9.77. The summed E-state index contributed by atoms with van der Waals surface area (Å²) >= 11 is 13.9. The number of rotatable bonds is 5. The summed E-state index contributed by atoms with van der Waals surface area (Å²) in [5.74, 6) is 0.426. The van der Waals surface area contributed by atoms with Crippen LogP contribution in [0.4, 0.5) is 27.7 Å². The van der Waals surface area contributed by atoms with E-state index < -0.39 is 0 Å². The molecule has 0 radical (unpaired) electrons. The van der Waals surface area contributed by atoms with Crippen LogP contribution in [0.15, 0.2) is 41.8 Å². The molecular formula is C28H38Cl2N4OS. The second-order valence-electron chi connectivity index (χ2n) is 8.45. The Hall–Kier alpha value is -2.28. The van der Waals surface area contributed by atoms with Gasteiger partial charge in [-0.15, -0.1) is 11.3 Å². The number of anilines is 4. The van der Waals surface area contributed by atoms with Gasteiger partial charge < -0.3 is 10.2 Å². The molecule has 2 amide bonds. The molecule has 0 saturated carbocycles. The summed E-state index contributed by atoms with van der Waals surface area (Å²) in [6, 6.07) is 11.5. The molecule has 2 N–H and O–H groups in total. The average Bonchev–Trinajstić information content (AvgIpc) is 3.45. The minimum Gasteiger partial charge on any atom is -0.338 e. The SMILES string of the molecule is CC.CCC.CCC1(CC)CN(c2ccccc2NC(=O)Nc2csc(Cl)n2)c2c(C)ccc(Cl)c21. The molecule has 4 rings (SSSR count). The third-order valence-electron chi connectivity index (χ3n) is 6.10. The van der Waals surface area contributed by atoms with Crippen molar-refractivity contribution >= 4 is 63.4 Å². The number of urea groups is 1. The van der Waals surface area contributed by atoms with E-state index in [-0.39, 0.29) is 11.4 Å². The Morgan fingerprint density at radius 3 is 2.28 bits per heavy atom. The molecule has 1 aliphatic rings. The van der Waals surface area contributed by atoms with Gasteiger partial charge in [0.15, 0.2) is 4.47 Å². The van der Waals surface area contributed by atoms with E-state index in [1.54, 1.807) is 5.38 Å². The maximum Gasteiger partial charge on any atom is 0.324 e. The summed E-state index contributed by atoms with van der Waals surface area (Å²) in [6.07, 6.45) is 3.22. The van der Waals surface area contributed by atoms with Gasteiger partial charge in [-0.1, -0.05) is 89.4 Å². The third-order valence-corrected chi connectivity index (χ3v) is 7.40. The number of fused-ring (bicyclic) bond motifs is 1. The lowest BCUT2D eigenvalue weighted by molar-refractivity contribution is 0.262. The van der Waals surface area contributed by atoms with Gasteiger partial charge in [-0.25, -0.2) is 9.78 Å². The van der Waals surface area contributed by atoms with Crippen molar-refractivity contribution in [1.82, 2.24) is 4.98 Å². The molecule has 1 aromatic heterocycles. The van der Waals surface area contributed by atoms with Crippen LogP contribution in [0.25, 0.3) is 0 Å². The van der Waals surface area contributed by atoms with Crippen molar-refractivity contribution in [2.75, 3.05) is 22.1 Å². The number of thiazole rings is 1. The van der Waals surface area contributed by atoms with Crippen LogP contribution in [0.1, 0.15) is 71.9 Å². The highest BCUT2D eigenvalue weighted by Gasteiger charge is 2.43. The van der Waals surface area contributed by atoms with Crippen molar-refractivity contribution in [3.05, 3.63) is 62.4 Å². The number of carbonyl (C=O) groups is 1. The first-order valence-corrected chi connectivity index (χ1v) is 14.3. The van der Waals surface area contributed by atoms with Crippen LogP contribution >= 0.6 is 34.5 Å². The summed E-state index contributed by atoms with van der Waals surface area (Å²) in [5, 5.41) is 8.21. The fourth-order valence-corrected chi connectivity index (χ4v) is 5.46. The summed E-state index contributed by atoms with van der Waals surface area (Å²) in [5.41, 5.74) is 5.12. The molecule has 2 aromatic carbocycles. The molecule has 5 nitrogen and oxygen atoms in total. The Morgan fingerprint density at radius 1 is 1.06 bits per heavy atom. The van der Waals surface area contributed by atoms with Crippen LogP contribution in [0.3, 0.4) is 0 Å². The predicted octanol–water partition coefficient (Wildman–Crippen LogP) is 10.1. The minimum absolute atomic E-state index is 0.0366. The van der Waals surface area contributed by atoms with E-state index in [0.29, 0.717) is 10.3 Å². The summed E-state index contributed by atoms with van der Waals surface area (Å²) in [7, 11) is 0. The number of nitrogens with one attached hydrogen (secondary N) is 2. The Kier molecular flexibility index (Phi) is 11.5. The fourth-order valence-electron chi connectivity index (χ4n) is 4.41. The maximum atomic E-state index is 12.6. The molecule has 3 aromatic rings. The highest BCUT2D eigenvalue weighted by atomic mass is 35.5. The lowest BCUT2D eigenvalue weighted by Crippen LogP contribution is -2.31. The zero-order chi connectivity index (χ0) is 26.9. The fraction of sp³-hybridized carbons (Fsp3) is 0.429. The van der Waals surface area contributed by atoms with Gasteiger partial charge in [0.25, 0.3) is 0 Å².